The Labute approximate surface area is 218 Å². The fraction of sp³-hybridized carbons (Fsp3) is 0.565. The number of rotatable bonds is 14. The number of Topliss-reactive ketones (excluding diaryl/α,β-unsaturated/α-hetero) is 2. The molecule has 2 unspecified atom stereocenters. The first-order valence-corrected chi connectivity index (χ1v) is 13.3. The second kappa shape index (κ2) is 11.6. The summed E-state index contributed by atoms with van der Waals surface area (Å²) in [6.07, 6.45) is -0.561. The van der Waals surface area contributed by atoms with E-state index in [1.807, 2.05) is 0 Å². The number of nitrogens with zero attached hydrogens (tertiary/aromatic N) is 1. The monoisotopic (exact) mass is 542 g/mol. The van der Waals surface area contributed by atoms with Gasteiger partial charge in [-0.3, -0.25) is 19.2 Å². The maximum absolute atomic E-state index is 13.1. The molecular weight excluding hydrogens is 509 g/mol. The SMILES string of the molecule is [3H][B]SOC(c1cc(C(C)(C)C(=O)C=O)c(OCOC)c(C(C)(C)C(=O)C=O)c1)C1CCN(C)S1(=O)=O. The summed E-state index contributed by atoms with van der Waals surface area (Å²) in [5.74, 6) is -1.54. The van der Waals surface area contributed by atoms with Gasteiger partial charge in [-0.05, 0) is 53.1 Å². The smallest absolute Gasteiger partial charge is 0.219 e. The predicted molar refractivity (Wildman–Crippen MR) is 136 cm³/mol. The van der Waals surface area contributed by atoms with E-state index in [2.05, 4.69) is 0 Å². The Balaban J connectivity index is 2.98. The number of ether oxygens (including phenoxy) is 2. The maximum atomic E-state index is 13.1. The van der Waals surface area contributed by atoms with Gasteiger partial charge < -0.3 is 13.7 Å². The van der Waals surface area contributed by atoms with Crippen LogP contribution in [0.4, 0.5) is 0 Å². The van der Waals surface area contributed by atoms with Crippen molar-refractivity contribution >= 4 is 53.1 Å². The molecule has 2 rings (SSSR count). The molecule has 197 valence electrons. The highest BCUT2D eigenvalue weighted by Gasteiger charge is 2.45. The Kier molecular flexibility index (Phi) is 9.15. The first-order chi connectivity index (χ1) is 17.2. The number of aldehydes is 2. The molecule has 0 N–H and O–H groups in total. The molecule has 1 saturated heterocycles. The fourth-order valence-corrected chi connectivity index (χ4v) is 6.28. The average Bonchev–Trinajstić information content (AvgIpc) is 3.13. The van der Waals surface area contributed by atoms with Gasteiger partial charge in [-0.1, -0.05) is 11.9 Å². The zero-order valence-electron chi connectivity index (χ0n) is 22.1. The third-order valence-corrected chi connectivity index (χ3v) is 9.21. The highest BCUT2D eigenvalue weighted by molar-refractivity contribution is 8.15. The van der Waals surface area contributed by atoms with Crippen molar-refractivity contribution in [1.29, 1.82) is 1.34 Å². The number of carbonyl (C=O) groups is 4. The molecule has 1 aliphatic rings. The lowest BCUT2D eigenvalue weighted by molar-refractivity contribution is -0.133. The second-order valence-corrected chi connectivity index (χ2v) is 12.2. The molecule has 1 aromatic rings. The van der Waals surface area contributed by atoms with Gasteiger partial charge in [0.1, 0.15) is 17.1 Å². The normalized spacial score (nSPS) is 19.3. The lowest BCUT2D eigenvalue weighted by atomic mass is 9.73. The molecule has 2 atom stereocenters. The van der Waals surface area contributed by atoms with E-state index >= 15 is 0 Å². The summed E-state index contributed by atoms with van der Waals surface area (Å²) in [5.41, 5.74) is -2.32. The summed E-state index contributed by atoms with van der Waals surface area (Å²) in [6.45, 7) is 5.93. The fourth-order valence-electron chi connectivity index (χ4n) is 4.09. The number of benzene rings is 1. The van der Waals surface area contributed by atoms with Crippen molar-refractivity contribution in [1.82, 2.24) is 4.31 Å². The van der Waals surface area contributed by atoms with E-state index in [0.717, 1.165) is 7.09 Å². The summed E-state index contributed by atoms with van der Waals surface area (Å²) >= 11 is 0.627. The van der Waals surface area contributed by atoms with Crippen LogP contribution in [0.5, 0.6) is 5.75 Å². The van der Waals surface area contributed by atoms with Crippen LogP contribution in [-0.2, 0) is 49.0 Å². The molecule has 0 aromatic heterocycles. The quantitative estimate of drug-likeness (QED) is 0.111. The first kappa shape index (κ1) is 28.5. The molecule has 1 heterocycles. The summed E-state index contributed by atoms with van der Waals surface area (Å²) in [4.78, 5) is 48.5. The van der Waals surface area contributed by atoms with Crippen molar-refractivity contribution < 1.29 is 41.3 Å². The van der Waals surface area contributed by atoms with E-state index in [-0.39, 0.29) is 54.8 Å². The number of methoxy groups -OCH3 is 1. The molecule has 0 bridgehead atoms. The molecule has 0 spiro atoms. The molecule has 1 aromatic carbocycles. The highest BCUT2D eigenvalue weighted by Crippen LogP contribution is 2.45. The lowest BCUT2D eigenvalue weighted by Crippen LogP contribution is -2.36. The van der Waals surface area contributed by atoms with Crippen molar-refractivity contribution in [3.8, 4) is 5.75 Å². The van der Waals surface area contributed by atoms with E-state index in [4.69, 9.17) is 15.0 Å². The van der Waals surface area contributed by atoms with Gasteiger partial charge in [0, 0.05) is 31.8 Å². The Hall–Kier alpha value is -2.06. The van der Waals surface area contributed by atoms with Gasteiger partial charge in [0.25, 0.3) is 0 Å². The molecule has 1 aliphatic heterocycles. The molecule has 0 aliphatic carbocycles. The minimum Gasteiger partial charge on any atom is -0.467 e. The van der Waals surface area contributed by atoms with E-state index in [1.165, 1.54) is 58.3 Å². The summed E-state index contributed by atoms with van der Waals surface area (Å²) < 4.78 is 51.4. The average molecular weight is 542 g/mol. The van der Waals surface area contributed by atoms with Crippen LogP contribution in [0.15, 0.2) is 12.1 Å². The summed E-state index contributed by atoms with van der Waals surface area (Å²) in [5, 5.41) is -1.04. The van der Waals surface area contributed by atoms with Crippen LogP contribution >= 0.6 is 11.9 Å². The van der Waals surface area contributed by atoms with Gasteiger partial charge in [0.2, 0.25) is 28.7 Å². The summed E-state index contributed by atoms with van der Waals surface area (Å²) in [6, 6.07) is 3.00. The molecule has 0 saturated carbocycles. The van der Waals surface area contributed by atoms with Crippen LogP contribution in [-0.4, -0.2) is 78.0 Å². The minimum absolute atomic E-state index is 0.0517. The molecule has 1 radical (unpaired) electrons. The van der Waals surface area contributed by atoms with Crippen LogP contribution < -0.4 is 4.74 Å². The van der Waals surface area contributed by atoms with Gasteiger partial charge in [0.15, 0.2) is 19.4 Å². The van der Waals surface area contributed by atoms with Crippen LogP contribution in [0.2, 0.25) is 0 Å². The van der Waals surface area contributed by atoms with Gasteiger partial charge in [-0.25, -0.2) is 12.7 Å². The van der Waals surface area contributed by atoms with Gasteiger partial charge in [0.05, 0.1) is 10.8 Å². The lowest BCUT2D eigenvalue weighted by Gasteiger charge is -2.33. The Morgan fingerprint density at radius 3 is 2.11 bits per heavy atom. The van der Waals surface area contributed by atoms with Gasteiger partial charge in [-0.15, -0.1) is 0 Å². The Morgan fingerprint density at radius 2 is 1.72 bits per heavy atom. The molecule has 36 heavy (non-hydrogen) atoms. The minimum atomic E-state index is -3.78. The molecule has 10 nitrogen and oxygen atoms in total. The number of sulfonamides is 1. The largest absolute Gasteiger partial charge is 0.467 e. The third-order valence-electron chi connectivity index (χ3n) is 6.60. The third kappa shape index (κ3) is 5.59. The Bertz CT molecular complexity index is 1100. The number of hydrogen-bond acceptors (Lipinski definition) is 10. The van der Waals surface area contributed by atoms with Crippen molar-refractivity contribution in [3.63, 3.8) is 0 Å². The van der Waals surface area contributed by atoms with Crippen LogP contribution in [0, 0.1) is 0 Å². The molecule has 13 heteroatoms. The van der Waals surface area contributed by atoms with E-state index in [9.17, 15) is 27.6 Å². The van der Waals surface area contributed by atoms with E-state index in [0.29, 0.717) is 11.9 Å². The second-order valence-electron chi connectivity index (χ2n) is 9.52. The topological polar surface area (TPSA) is 133 Å². The molecular formula is C23H31BNO9S2. The molecule has 0 amide bonds. The van der Waals surface area contributed by atoms with E-state index < -0.39 is 43.8 Å². The van der Waals surface area contributed by atoms with E-state index in [1.54, 1.807) is 0 Å². The maximum Gasteiger partial charge on any atom is 0.219 e. The van der Waals surface area contributed by atoms with Crippen LogP contribution in [0.3, 0.4) is 0 Å². The first-order valence-electron chi connectivity index (χ1n) is 11.6. The van der Waals surface area contributed by atoms with Crippen molar-refractivity contribution in [2.45, 2.75) is 56.3 Å². The van der Waals surface area contributed by atoms with Crippen LogP contribution in [0.25, 0.3) is 0 Å². The van der Waals surface area contributed by atoms with Crippen molar-refractivity contribution in [3.05, 3.63) is 28.8 Å². The Morgan fingerprint density at radius 1 is 1.19 bits per heavy atom. The number of ketones is 2. The van der Waals surface area contributed by atoms with Crippen molar-refractivity contribution in [2.75, 3.05) is 27.5 Å². The number of carbonyl (C=O) groups excluding carboxylic acids is 4. The zero-order chi connectivity index (χ0) is 28.2. The zero-order valence-corrected chi connectivity index (χ0v) is 22.7. The predicted octanol–water partition coefficient (Wildman–Crippen LogP) is 1.32. The van der Waals surface area contributed by atoms with Gasteiger partial charge >= 0.3 is 0 Å². The molecule has 1 fully saturated rings. The van der Waals surface area contributed by atoms with Gasteiger partial charge in [-0.2, -0.15) is 0 Å². The summed E-state index contributed by atoms with van der Waals surface area (Å²) in [7, 11) is -0.0625. The van der Waals surface area contributed by atoms with Crippen LogP contribution in [0.1, 0.15) is 56.9 Å². The van der Waals surface area contributed by atoms with Crippen molar-refractivity contribution in [2.24, 2.45) is 0 Å². The highest BCUT2D eigenvalue weighted by atomic mass is 32.2. The number of hydrogen-bond donors (Lipinski definition) is 0. The standard InChI is InChI=1S/C23H31BNO9S2/c1-22(2,18(28)11-26)15-9-14(20(34-35-24)17-7-8-25(5)36(17,30)31)10-16(21(15)33-13-32-6)23(3,4)19(29)12-27/h9-12,17,20,24H,7-8,13H2,1-6H3/i24T.